The van der Waals surface area contributed by atoms with Gasteiger partial charge in [-0.15, -0.1) is 0 Å². The summed E-state index contributed by atoms with van der Waals surface area (Å²) < 4.78 is 0. The fourth-order valence-electron chi connectivity index (χ4n) is 1.65. The van der Waals surface area contributed by atoms with Crippen molar-refractivity contribution in [3.8, 4) is 6.07 Å². The van der Waals surface area contributed by atoms with Gasteiger partial charge in [0.15, 0.2) is 0 Å². The zero-order chi connectivity index (χ0) is 12.2. The van der Waals surface area contributed by atoms with Crippen molar-refractivity contribution in [2.24, 2.45) is 0 Å². The first-order valence-electron chi connectivity index (χ1n) is 6.63. The van der Waals surface area contributed by atoms with Crippen LogP contribution in [0.1, 0.15) is 46.5 Å². The van der Waals surface area contributed by atoms with E-state index in [9.17, 15) is 0 Å². The molecule has 0 aromatic heterocycles. The molecule has 94 valence electrons. The summed E-state index contributed by atoms with van der Waals surface area (Å²) in [5, 5.41) is 12.3. The van der Waals surface area contributed by atoms with E-state index >= 15 is 0 Å². The highest BCUT2D eigenvalue weighted by Gasteiger charge is 2.08. The predicted molar refractivity (Wildman–Crippen MR) is 69.3 cm³/mol. The maximum atomic E-state index is 8.98. The summed E-state index contributed by atoms with van der Waals surface area (Å²) in [7, 11) is 0. The van der Waals surface area contributed by atoms with Crippen molar-refractivity contribution in [1.29, 1.82) is 5.26 Å². The molecule has 0 amide bonds. The topological polar surface area (TPSA) is 39.1 Å². The van der Waals surface area contributed by atoms with E-state index in [-0.39, 0.29) is 6.04 Å². The van der Waals surface area contributed by atoms with Gasteiger partial charge in [0.2, 0.25) is 0 Å². The van der Waals surface area contributed by atoms with Gasteiger partial charge in [-0.05, 0) is 38.9 Å². The van der Waals surface area contributed by atoms with E-state index in [0.717, 1.165) is 32.5 Å². The van der Waals surface area contributed by atoms with Gasteiger partial charge in [-0.1, -0.05) is 27.2 Å². The Morgan fingerprint density at radius 2 is 1.94 bits per heavy atom. The molecule has 0 aromatic rings. The first-order valence-corrected chi connectivity index (χ1v) is 6.63. The summed E-state index contributed by atoms with van der Waals surface area (Å²) >= 11 is 0. The van der Waals surface area contributed by atoms with Gasteiger partial charge in [0, 0.05) is 6.54 Å². The Balaban J connectivity index is 3.75. The largest absolute Gasteiger partial charge is 0.304 e. The summed E-state index contributed by atoms with van der Waals surface area (Å²) in [6.45, 7) is 10.8. The smallest absolute Gasteiger partial charge is 0.0965 e. The quantitative estimate of drug-likeness (QED) is 0.620. The Kier molecular flexibility index (Phi) is 10.5. The Labute approximate surface area is 101 Å². The van der Waals surface area contributed by atoms with Crippen molar-refractivity contribution in [1.82, 2.24) is 10.2 Å². The third-order valence-electron chi connectivity index (χ3n) is 2.81. The van der Waals surface area contributed by atoms with Crippen molar-refractivity contribution in [2.75, 3.05) is 26.2 Å². The van der Waals surface area contributed by atoms with E-state index in [1.807, 2.05) is 0 Å². The minimum Gasteiger partial charge on any atom is -0.304 e. The van der Waals surface area contributed by atoms with Crippen LogP contribution in [-0.4, -0.2) is 37.1 Å². The lowest BCUT2D eigenvalue weighted by Crippen LogP contribution is -2.34. The van der Waals surface area contributed by atoms with Crippen molar-refractivity contribution in [2.45, 2.75) is 52.5 Å². The van der Waals surface area contributed by atoms with Crippen LogP contribution in [0.25, 0.3) is 0 Å². The number of nitrogens with one attached hydrogen (secondary N) is 1. The van der Waals surface area contributed by atoms with Crippen LogP contribution in [0.2, 0.25) is 0 Å². The van der Waals surface area contributed by atoms with Gasteiger partial charge in [0.25, 0.3) is 0 Å². The predicted octanol–water partition coefficient (Wildman–Crippen LogP) is 2.39. The molecule has 1 N–H and O–H groups in total. The molecule has 0 rings (SSSR count). The van der Waals surface area contributed by atoms with Gasteiger partial charge in [-0.2, -0.15) is 5.26 Å². The van der Waals surface area contributed by atoms with Crippen LogP contribution in [0.5, 0.6) is 0 Å². The first-order chi connectivity index (χ1) is 7.78. The van der Waals surface area contributed by atoms with Crippen LogP contribution < -0.4 is 5.32 Å². The van der Waals surface area contributed by atoms with Gasteiger partial charge < -0.3 is 10.2 Å². The number of rotatable bonds is 10. The lowest BCUT2D eigenvalue weighted by atomic mass is 10.2. The highest BCUT2D eigenvalue weighted by Crippen LogP contribution is 1.99. The van der Waals surface area contributed by atoms with Gasteiger partial charge in [-0.25, -0.2) is 0 Å². The van der Waals surface area contributed by atoms with Gasteiger partial charge in [-0.3, -0.25) is 0 Å². The molecule has 1 atom stereocenters. The molecule has 0 spiro atoms. The van der Waals surface area contributed by atoms with Crippen LogP contribution in [0.15, 0.2) is 0 Å². The minimum atomic E-state index is 0.0237. The zero-order valence-corrected chi connectivity index (χ0v) is 11.1. The molecular weight excluding hydrogens is 198 g/mol. The number of hydrogen-bond acceptors (Lipinski definition) is 3. The lowest BCUT2D eigenvalue weighted by Gasteiger charge is -2.21. The van der Waals surface area contributed by atoms with Gasteiger partial charge in [0.1, 0.15) is 0 Å². The fraction of sp³-hybridized carbons (Fsp3) is 0.923. The fourth-order valence-corrected chi connectivity index (χ4v) is 1.65. The van der Waals surface area contributed by atoms with E-state index in [0.29, 0.717) is 0 Å². The van der Waals surface area contributed by atoms with E-state index in [4.69, 9.17) is 5.26 Å². The average Bonchev–Trinajstić information content (AvgIpc) is 2.33. The van der Waals surface area contributed by atoms with Gasteiger partial charge in [0.05, 0.1) is 12.1 Å². The molecule has 3 nitrogen and oxygen atoms in total. The van der Waals surface area contributed by atoms with Gasteiger partial charge >= 0.3 is 0 Å². The van der Waals surface area contributed by atoms with Crippen molar-refractivity contribution < 1.29 is 0 Å². The first kappa shape index (κ1) is 15.4. The molecule has 0 aliphatic carbocycles. The normalized spacial score (nSPS) is 12.7. The van der Waals surface area contributed by atoms with Crippen LogP contribution in [-0.2, 0) is 0 Å². The molecule has 0 saturated carbocycles. The Morgan fingerprint density at radius 3 is 2.44 bits per heavy atom. The zero-order valence-electron chi connectivity index (χ0n) is 11.1. The third-order valence-corrected chi connectivity index (χ3v) is 2.81. The highest BCUT2D eigenvalue weighted by atomic mass is 15.1. The van der Waals surface area contributed by atoms with Crippen molar-refractivity contribution >= 4 is 0 Å². The van der Waals surface area contributed by atoms with Crippen molar-refractivity contribution in [3.63, 3.8) is 0 Å². The molecule has 0 saturated heterocycles. The molecule has 0 fully saturated rings. The molecule has 0 aliphatic heterocycles. The van der Waals surface area contributed by atoms with E-state index < -0.39 is 0 Å². The summed E-state index contributed by atoms with van der Waals surface area (Å²) in [5.74, 6) is 0. The van der Waals surface area contributed by atoms with Crippen LogP contribution in [0.4, 0.5) is 0 Å². The average molecular weight is 225 g/mol. The van der Waals surface area contributed by atoms with E-state index in [1.54, 1.807) is 0 Å². The molecule has 16 heavy (non-hydrogen) atoms. The van der Waals surface area contributed by atoms with E-state index in [2.05, 4.69) is 37.1 Å². The summed E-state index contributed by atoms with van der Waals surface area (Å²) in [4.78, 5) is 2.43. The minimum absolute atomic E-state index is 0.0237. The van der Waals surface area contributed by atoms with Crippen molar-refractivity contribution in [3.05, 3.63) is 0 Å². The summed E-state index contributed by atoms with van der Waals surface area (Å²) in [6.07, 6.45) is 4.53. The number of hydrogen-bond donors (Lipinski definition) is 1. The molecule has 0 bridgehead atoms. The molecule has 0 aromatic carbocycles. The maximum absolute atomic E-state index is 8.98. The maximum Gasteiger partial charge on any atom is 0.0965 e. The molecule has 0 aliphatic rings. The van der Waals surface area contributed by atoms with Crippen LogP contribution in [0, 0.1) is 11.3 Å². The Bertz CT molecular complexity index is 186. The number of unbranched alkanes of at least 4 members (excludes halogenated alkanes) is 1. The number of nitrogens with zero attached hydrogens (tertiary/aromatic N) is 2. The molecule has 1 unspecified atom stereocenters. The Hall–Kier alpha value is -0.590. The molecular formula is C13H27N3. The van der Waals surface area contributed by atoms with Crippen LogP contribution in [0.3, 0.4) is 0 Å². The second kappa shape index (κ2) is 10.9. The lowest BCUT2D eigenvalue weighted by molar-refractivity contribution is 0.272. The molecule has 0 radical (unpaired) electrons. The Morgan fingerprint density at radius 1 is 1.19 bits per heavy atom. The summed E-state index contributed by atoms with van der Waals surface area (Å²) in [5.41, 5.74) is 0. The van der Waals surface area contributed by atoms with E-state index in [1.165, 1.54) is 19.4 Å². The molecule has 0 heterocycles. The second-order valence-corrected chi connectivity index (χ2v) is 4.21. The highest BCUT2D eigenvalue weighted by molar-refractivity contribution is 4.89. The SMILES string of the molecule is CCCCN(CC)CCC(C#N)NCCC. The summed E-state index contributed by atoms with van der Waals surface area (Å²) in [6, 6.07) is 2.36. The monoisotopic (exact) mass is 225 g/mol. The standard InChI is InChI=1S/C13H27N3/c1-4-7-10-16(6-3)11-8-13(12-14)15-9-5-2/h13,15H,4-11H2,1-3H3. The van der Waals surface area contributed by atoms with Crippen LogP contribution >= 0.6 is 0 Å². The third kappa shape index (κ3) is 7.67. The second-order valence-electron chi connectivity index (χ2n) is 4.21. The molecule has 3 heteroatoms. The number of nitriles is 1.